The summed E-state index contributed by atoms with van der Waals surface area (Å²) < 4.78 is 79.6. The standard InChI is InChI=1S/C17H12BrF4N3O2S/c1-8-2-3-9(4-11(8)18)25-15(7-14(24-25)17(21)22)10-5-13(20)16(6-12(10)19)28(23,26)27/h2-7,17H,1H3,(H2,23,26,27). The van der Waals surface area contributed by atoms with E-state index in [1.54, 1.807) is 18.2 Å². The Balaban J connectivity index is 2.27. The molecule has 148 valence electrons. The molecule has 0 aliphatic carbocycles. The molecule has 0 fully saturated rings. The maximum atomic E-state index is 14.6. The minimum absolute atomic E-state index is 0.177. The van der Waals surface area contributed by atoms with Gasteiger partial charge in [0.2, 0.25) is 10.0 Å². The van der Waals surface area contributed by atoms with Gasteiger partial charge >= 0.3 is 0 Å². The van der Waals surface area contributed by atoms with Gasteiger partial charge in [0.1, 0.15) is 22.2 Å². The lowest BCUT2D eigenvalue weighted by atomic mass is 10.1. The summed E-state index contributed by atoms with van der Waals surface area (Å²) in [4.78, 5) is -1.04. The summed E-state index contributed by atoms with van der Waals surface area (Å²) in [5, 5.41) is 8.64. The molecule has 0 bridgehead atoms. The number of primary sulfonamides is 1. The lowest BCUT2D eigenvalue weighted by molar-refractivity contribution is 0.145. The highest BCUT2D eigenvalue weighted by Crippen LogP contribution is 2.33. The first-order valence-electron chi connectivity index (χ1n) is 7.66. The molecular weight excluding hydrogens is 466 g/mol. The largest absolute Gasteiger partial charge is 0.282 e. The normalized spacial score (nSPS) is 12.0. The zero-order chi connectivity index (χ0) is 20.8. The molecule has 0 aliphatic heterocycles. The summed E-state index contributed by atoms with van der Waals surface area (Å²) in [5.41, 5.74) is -0.0950. The first kappa shape index (κ1) is 20.5. The van der Waals surface area contributed by atoms with Crippen molar-refractivity contribution in [2.45, 2.75) is 18.2 Å². The van der Waals surface area contributed by atoms with Crippen LogP contribution >= 0.6 is 15.9 Å². The Morgan fingerprint density at radius 1 is 1.11 bits per heavy atom. The van der Waals surface area contributed by atoms with E-state index in [1.807, 2.05) is 6.92 Å². The molecule has 0 saturated carbocycles. The van der Waals surface area contributed by atoms with Gasteiger partial charge in [0.05, 0.1) is 11.4 Å². The number of aromatic nitrogens is 2. The van der Waals surface area contributed by atoms with E-state index < -0.39 is 44.2 Å². The zero-order valence-electron chi connectivity index (χ0n) is 14.1. The number of sulfonamides is 1. The molecule has 0 aliphatic rings. The first-order chi connectivity index (χ1) is 13.0. The van der Waals surface area contributed by atoms with Gasteiger partial charge < -0.3 is 0 Å². The number of benzene rings is 2. The number of alkyl halides is 2. The molecule has 28 heavy (non-hydrogen) atoms. The molecule has 0 spiro atoms. The van der Waals surface area contributed by atoms with Crippen molar-refractivity contribution in [3.8, 4) is 16.9 Å². The topological polar surface area (TPSA) is 78.0 Å². The molecular formula is C17H12BrF4N3O2S. The van der Waals surface area contributed by atoms with Gasteiger partial charge in [-0.1, -0.05) is 22.0 Å². The second kappa shape index (κ2) is 7.30. The Hall–Kier alpha value is -2.24. The Kier molecular flexibility index (Phi) is 5.34. The van der Waals surface area contributed by atoms with Crippen molar-refractivity contribution in [1.29, 1.82) is 0 Å². The van der Waals surface area contributed by atoms with Crippen LogP contribution in [0.15, 0.2) is 45.8 Å². The van der Waals surface area contributed by atoms with Gasteiger partial charge in [0, 0.05) is 10.0 Å². The third-order valence-corrected chi connectivity index (χ3v) is 5.74. The molecule has 1 heterocycles. The van der Waals surface area contributed by atoms with E-state index in [1.165, 1.54) is 0 Å². The predicted octanol–water partition coefficient (Wildman–Crippen LogP) is 4.47. The molecule has 2 N–H and O–H groups in total. The number of aryl methyl sites for hydroxylation is 1. The first-order valence-corrected chi connectivity index (χ1v) is 10.00. The lowest BCUT2D eigenvalue weighted by Gasteiger charge is -2.11. The van der Waals surface area contributed by atoms with E-state index in [2.05, 4.69) is 21.0 Å². The summed E-state index contributed by atoms with van der Waals surface area (Å²) in [5.74, 6) is -2.46. The van der Waals surface area contributed by atoms with Crippen molar-refractivity contribution in [3.05, 3.63) is 63.8 Å². The van der Waals surface area contributed by atoms with Crippen LogP contribution in [0.1, 0.15) is 17.7 Å². The van der Waals surface area contributed by atoms with Crippen LogP contribution in [0, 0.1) is 18.6 Å². The van der Waals surface area contributed by atoms with Gasteiger partial charge in [0.15, 0.2) is 0 Å². The van der Waals surface area contributed by atoms with Crippen LogP contribution < -0.4 is 5.14 Å². The highest BCUT2D eigenvalue weighted by molar-refractivity contribution is 9.10. The average molecular weight is 478 g/mol. The van der Waals surface area contributed by atoms with Crippen molar-refractivity contribution >= 4 is 26.0 Å². The minimum atomic E-state index is -4.50. The van der Waals surface area contributed by atoms with E-state index in [-0.39, 0.29) is 5.69 Å². The van der Waals surface area contributed by atoms with E-state index in [0.29, 0.717) is 22.3 Å². The second-order valence-electron chi connectivity index (χ2n) is 5.91. The van der Waals surface area contributed by atoms with Gasteiger partial charge in [-0.25, -0.2) is 35.8 Å². The Labute approximate surface area is 166 Å². The summed E-state index contributed by atoms with van der Waals surface area (Å²) in [7, 11) is -4.50. The summed E-state index contributed by atoms with van der Waals surface area (Å²) >= 11 is 3.31. The number of hydrogen-bond acceptors (Lipinski definition) is 3. The second-order valence-corrected chi connectivity index (χ2v) is 8.29. The molecule has 0 saturated heterocycles. The van der Waals surface area contributed by atoms with Crippen molar-refractivity contribution in [1.82, 2.24) is 9.78 Å². The van der Waals surface area contributed by atoms with E-state index in [4.69, 9.17) is 5.14 Å². The molecule has 3 aromatic rings. The number of halogens is 5. The maximum absolute atomic E-state index is 14.6. The average Bonchev–Trinajstić information content (AvgIpc) is 3.03. The van der Waals surface area contributed by atoms with Crippen LogP contribution in [-0.2, 0) is 10.0 Å². The summed E-state index contributed by atoms with van der Waals surface area (Å²) in [6, 6.07) is 6.74. The van der Waals surface area contributed by atoms with Crippen LogP contribution in [0.3, 0.4) is 0 Å². The molecule has 0 atom stereocenters. The van der Waals surface area contributed by atoms with E-state index in [9.17, 15) is 26.0 Å². The van der Waals surface area contributed by atoms with Crippen LogP contribution in [0.4, 0.5) is 17.6 Å². The van der Waals surface area contributed by atoms with Crippen LogP contribution in [0.5, 0.6) is 0 Å². The van der Waals surface area contributed by atoms with Gasteiger partial charge in [-0.15, -0.1) is 0 Å². The molecule has 11 heteroatoms. The van der Waals surface area contributed by atoms with Crippen molar-refractivity contribution in [2.75, 3.05) is 0 Å². The quantitative estimate of drug-likeness (QED) is 0.563. The third-order valence-electron chi connectivity index (χ3n) is 3.96. The van der Waals surface area contributed by atoms with Gasteiger partial charge in [0.25, 0.3) is 6.43 Å². The summed E-state index contributed by atoms with van der Waals surface area (Å²) in [6.45, 7) is 1.81. The third kappa shape index (κ3) is 3.82. The van der Waals surface area contributed by atoms with Gasteiger partial charge in [-0.05, 0) is 42.8 Å². The molecule has 0 amide bonds. The Morgan fingerprint density at radius 2 is 1.79 bits per heavy atom. The predicted molar refractivity (Wildman–Crippen MR) is 97.7 cm³/mol. The monoisotopic (exact) mass is 477 g/mol. The fourth-order valence-electron chi connectivity index (χ4n) is 2.55. The molecule has 5 nitrogen and oxygen atoms in total. The Morgan fingerprint density at radius 3 is 2.36 bits per heavy atom. The van der Waals surface area contributed by atoms with Crippen LogP contribution in [0.25, 0.3) is 16.9 Å². The van der Waals surface area contributed by atoms with Crippen molar-refractivity contribution in [3.63, 3.8) is 0 Å². The van der Waals surface area contributed by atoms with Gasteiger partial charge in [-0.3, -0.25) is 0 Å². The molecule has 1 aromatic heterocycles. The van der Waals surface area contributed by atoms with Crippen LogP contribution in [0.2, 0.25) is 0 Å². The molecule has 3 rings (SSSR count). The van der Waals surface area contributed by atoms with Crippen molar-refractivity contribution in [2.24, 2.45) is 5.14 Å². The molecule has 0 radical (unpaired) electrons. The maximum Gasteiger partial charge on any atom is 0.282 e. The smallest absolute Gasteiger partial charge is 0.232 e. The molecule has 2 aromatic carbocycles. The molecule has 0 unspecified atom stereocenters. The van der Waals surface area contributed by atoms with Crippen molar-refractivity contribution < 1.29 is 26.0 Å². The number of rotatable bonds is 4. The van der Waals surface area contributed by atoms with E-state index >= 15 is 0 Å². The minimum Gasteiger partial charge on any atom is -0.232 e. The highest BCUT2D eigenvalue weighted by atomic mass is 79.9. The zero-order valence-corrected chi connectivity index (χ0v) is 16.5. The fraction of sp³-hybridized carbons (Fsp3) is 0.118. The SMILES string of the molecule is Cc1ccc(-n2nc(C(F)F)cc2-c2cc(F)c(S(N)(=O)=O)cc2F)cc1Br. The number of nitrogens with zero attached hydrogens (tertiary/aromatic N) is 2. The van der Waals surface area contributed by atoms with Gasteiger partial charge in [-0.2, -0.15) is 5.10 Å². The summed E-state index contributed by atoms with van der Waals surface area (Å²) in [6.07, 6.45) is -2.95. The Bertz CT molecular complexity index is 1180. The number of hydrogen-bond donors (Lipinski definition) is 1. The lowest BCUT2D eigenvalue weighted by Crippen LogP contribution is -2.15. The fourth-order valence-corrected chi connectivity index (χ4v) is 3.52. The van der Waals surface area contributed by atoms with E-state index in [0.717, 1.165) is 16.3 Å². The number of nitrogens with two attached hydrogens (primary N) is 1. The highest BCUT2D eigenvalue weighted by Gasteiger charge is 2.24. The van der Waals surface area contributed by atoms with Crippen LogP contribution in [-0.4, -0.2) is 18.2 Å².